The van der Waals surface area contributed by atoms with Crippen molar-refractivity contribution in [2.45, 2.75) is 44.4 Å². The van der Waals surface area contributed by atoms with Gasteiger partial charge in [-0.3, -0.25) is 0 Å². The molecule has 1 aromatic carbocycles. The van der Waals surface area contributed by atoms with Gasteiger partial charge in [-0.1, -0.05) is 12.1 Å². The molecule has 1 aliphatic carbocycles. The smallest absolute Gasteiger partial charge is 0.367 e. The molecule has 3 aromatic rings. The van der Waals surface area contributed by atoms with Gasteiger partial charge < -0.3 is 16.0 Å². The average Bonchev–Trinajstić information content (AvgIpc) is 2.83. The Morgan fingerprint density at radius 1 is 1.00 bits per heavy atom. The number of hydrogen-bond donors (Lipinski definition) is 3. The molecular weight excluding hydrogens is 446 g/mol. The number of anilines is 2. The molecule has 0 spiro atoms. The van der Waals surface area contributed by atoms with Crippen LogP contribution in [0.1, 0.15) is 36.8 Å². The van der Waals surface area contributed by atoms with Gasteiger partial charge in [-0.25, -0.2) is 14.4 Å². The molecular formula is C25H25F4N5. The summed E-state index contributed by atoms with van der Waals surface area (Å²) in [5, 5.41) is 13.6. The number of hydrogen-bond acceptors (Lipinski definition) is 5. The third-order valence-electron chi connectivity index (χ3n) is 5.93. The van der Waals surface area contributed by atoms with Crippen molar-refractivity contribution in [3.63, 3.8) is 0 Å². The van der Waals surface area contributed by atoms with E-state index >= 15 is 0 Å². The lowest BCUT2D eigenvalue weighted by molar-refractivity contribution is -0.137. The molecule has 3 N–H and O–H groups in total. The van der Waals surface area contributed by atoms with Crippen LogP contribution in [0, 0.1) is 17.1 Å². The van der Waals surface area contributed by atoms with E-state index in [1.165, 1.54) is 18.3 Å². The zero-order valence-corrected chi connectivity index (χ0v) is 18.4. The maximum absolute atomic E-state index is 13.6. The van der Waals surface area contributed by atoms with Crippen LogP contribution in [0.3, 0.4) is 0 Å². The molecule has 1 fully saturated rings. The summed E-state index contributed by atoms with van der Waals surface area (Å²) >= 11 is 0. The molecule has 5 nitrogen and oxygen atoms in total. The quantitative estimate of drug-likeness (QED) is 0.270. The van der Waals surface area contributed by atoms with E-state index in [1.54, 1.807) is 30.5 Å². The van der Waals surface area contributed by atoms with Crippen molar-refractivity contribution in [2.75, 3.05) is 10.6 Å². The fraction of sp³-hybridized carbons (Fsp3) is 0.320. The third-order valence-corrected chi connectivity index (χ3v) is 5.93. The average molecular weight is 472 g/mol. The number of nitrogens with one attached hydrogen (secondary N) is 3. The molecule has 0 saturated heterocycles. The second-order valence-corrected chi connectivity index (χ2v) is 8.46. The number of halogens is 4. The lowest BCUT2D eigenvalue weighted by Crippen LogP contribution is -2.26. The molecule has 0 bridgehead atoms. The summed E-state index contributed by atoms with van der Waals surface area (Å²) < 4.78 is 54.2. The van der Waals surface area contributed by atoms with Crippen LogP contribution in [-0.4, -0.2) is 22.2 Å². The van der Waals surface area contributed by atoms with Gasteiger partial charge in [-0.05, 0) is 79.8 Å². The number of alkyl halides is 3. The summed E-state index contributed by atoms with van der Waals surface area (Å²) in [5.74, 6) is 0.514. The van der Waals surface area contributed by atoms with Crippen LogP contribution in [0.25, 0.3) is 11.3 Å². The van der Waals surface area contributed by atoms with Crippen molar-refractivity contribution in [2.24, 2.45) is 5.92 Å². The maximum atomic E-state index is 13.6. The van der Waals surface area contributed by atoms with Crippen molar-refractivity contribution >= 4 is 17.9 Å². The summed E-state index contributed by atoms with van der Waals surface area (Å²) in [7, 11) is 0. The van der Waals surface area contributed by atoms with Gasteiger partial charge in [0.2, 0.25) is 0 Å². The molecule has 9 heteroatoms. The first-order valence-electron chi connectivity index (χ1n) is 11.1. The second-order valence-electron chi connectivity index (χ2n) is 8.46. The van der Waals surface area contributed by atoms with E-state index < -0.39 is 17.6 Å². The molecule has 0 radical (unpaired) electrons. The van der Waals surface area contributed by atoms with E-state index in [2.05, 4.69) is 20.6 Å². The number of nitrogens with zero attached hydrogens (tertiary/aromatic N) is 2. The van der Waals surface area contributed by atoms with Crippen molar-refractivity contribution in [3.05, 3.63) is 71.7 Å². The third kappa shape index (κ3) is 6.09. The van der Waals surface area contributed by atoms with Gasteiger partial charge in [-0.2, -0.15) is 13.2 Å². The zero-order valence-electron chi connectivity index (χ0n) is 18.4. The van der Waals surface area contributed by atoms with Gasteiger partial charge in [0.05, 0.1) is 11.3 Å². The van der Waals surface area contributed by atoms with Gasteiger partial charge in [0, 0.05) is 24.3 Å². The molecule has 178 valence electrons. The Kier molecular flexibility index (Phi) is 7.09. The fourth-order valence-electron chi connectivity index (χ4n) is 4.08. The van der Waals surface area contributed by atoms with Crippen molar-refractivity contribution in [1.29, 1.82) is 5.41 Å². The minimum absolute atomic E-state index is 0.0466. The Hall–Kier alpha value is -3.49. The van der Waals surface area contributed by atoms with Crippen LogP contribution in [-0.2, 0) is 12.7 Å². The summed E-state index contributed by atoms with van der Waals surface area (Å²) in [6.45, 7) is 0.132. The first-order chi connectivity index (χ1) is 16.3. The molecule has 0 amide bonds. The monoisotopic (exact) mass is 471 g/mol. The van der Waals surface area contributed by atoms with E-state index in [-0.39, 0.29) is 24.1 Å². The summed E-state index contributed by atoms with van der Waals surface area (Å²) in [5.41, 5.74) is 0.435. The van der Waals surface area contributed by atoms with Crippen molar-refractivity contribution < 1.29 is 17.6 Å². The van der Waals surface area contributed by atoms with E-state index in [0.29, 0.717) is 22.9 Å². The van der Waals surface area contributed by atoms with Crippen LogP contribution < -0.4 is 10.6 Å². The SMILES string of the molecule is N=CC1CCC(Nc2cc(-c3cc(C(F)(F)F)cc(NCc4cccc(F)c4)n3)ccn2)CC1. The summed E-state index contributed by atoms with van der Waals surface area (Å²) in [6, 6.07) is 11.3. The van der Waals surface area contributed by atoms with Crippen LogP contribution >= 0.6 is 0 Å². The predicted molar refractivity (Wildman–Crippen MR) is 124 cm³/mol. The van der Waals surface area contributed by atoms with Crippen molar-refractivity contribution in [1.82, 2.24) is 9.97 Å². The lowest BCUT2D eigenvalue weighted by Gasteiger charge is -2.27. The minimum Gasteiger partial charge on any atom is -0.367 e. The Labute approximate surface area is 195 Å². The molecule has 2 aromatic heterocycles. The molecule has 0 atom stereocenters. The topological polar surface area (TPSA) is 73.7 Å². The largest absolute Gasteiger partial charge is 0.416 e. The molecule has 4 rings (SSSR count). The van der Waals surface area contributed by atoms with Gasteiger partial charge >= 0.3 is 6.18 Å². The highest BCUT2D eigenvalue weighted by atomic mass is 19.4. The summed E-state index contributed by atoms with van der Waals surface area (Å²) in [6.07, 6.45) is 2.15. The van der Waals surface area contributed by atoms with Gasteiger partial charge in [0.1, 0.15) is 17.5 Å². The highest BCUT2D eigenvalue weighted by molar-refractivity contribution is 5.66. The first kappa shape index (κ1) is 23.7. The summed E-state index contributed by atoms with van der Waals surface area (Å²) in [4.78, 5) is 8.70. The molecule has 0 unspecified atom stereocenters. The van der Waals surface area contributed by atoms with Crippen LogP contribution in [0.2, 0.25) is 0 Å². The Morgan fingerprint density at radius 2 is 1.79 bits per heavy atom. The van der Waals surface area contributed by atoms with Gasteiger partial charge in [0.15, 0.2) is 0 Å². The van der Waals surface area contributed by atoms with Crippen molar-refractivity contribution in [3.8, 4) is 11.3 Å². The van der Waals surface area contributed by atoms with E-state index in [0.717, 1.165) is 37.8 Å². The number of pyridine rings is 2. The van der Waals surface area contributed by atoms with E-state index in [1.807, 2.05) is 0 Å². The molecule has 0 aliphatic heterocycles. The maximum Gasteiger partial charge on any atom is 0.416 e. The zero-order chi connectivity index (χ0) is 24.1. The highest BCUT2D eigenvalue weighted by Crippen LogP contribution is 2.34. The van der Waals surface area contributed by atoms with E-state index in [9.17, 15) is 17.6 Å². The van der Waals surface area contributed by atoms with Gasteiger partial charge in [0.25, 0.3) is 0 Å². The standard InChI is InChI=1S/C25H25F4N5/c26-20-3-1-2-17(10-20)15-32-24-13-19(25(27,28)29)12-22(34-24)18-8-9-31-23(11-18)33-21-6-4-16(14-30)5-7-21/h1-3,8-14,16,21,30H,4-7,15H2,(H,31,33)(H,32,34). The second kappa shape index (κ2) is 10.2. The number of aromatic nitrogens is 2. The normalized spacial score (nSPS) is 18.4. The fourth-order valence-corrected chi connectivity index (χ4v) is 4.08. The van der Waals surface area contributed by atoms with Crippen LogP contribution in [0.5, 0.6) is 0 Å². The van der Waals surface area contributed by atoms with Crippen LogP contribution in [0.15, 0.2) is 54.7 Å². The molecule has 1 aliphatic rings. The highest BCUT2D eigenvalue weighted by Gasteiger charge is 2.32. The minimum atomic E-state index is -4.55. The molecule has 2 heterocycles. The molecule has 34 heavy (non-hydrogen) atoms. The number of rotatable bonds is 7. The number of benzene rings is 1. The van der Waals surface area contributed by atoms with Crippen LogP contribution in [0.4, 0.5) is 29.2 Å². The van der Waals surface area contributed by atoms with E-state index in [4.69, 9.17) is 5.41 Å². The molecule has 1 saturated carbocycles. The predicted octanol–water partition coefficient (Wildman–Crippen LogP) is 6.53. The Bertz CT molecular complexity index is 1140. The Balaban J connectivity index is 1.56. The van der Waals surface area contributed by atoms with Gasteiger partial charge in [-0.15, -0.1) is 0 Å². The Morgan fingerprint density at radius 3 is 2.50 bits per heavy atom. The lowest BCUT2D eigenvalue weighted by atomic mass is 9.87. The first-order valence-corrected chi connectivity index (χ1v) is 11.1.